The first kappa shape index (κ1) is 18.6. The lowest BCUT2D eigenvalue weighted by atomic mass is 10.2. The van der Waals surface area contributed by atoms with Crippen molar-refractivity contribution in [2.75, 3.05) is 7.11 Å². The van der Waals surface area contributed by atoms with Crippen molar-refractivity contribution < 1.29 is 9.53 Å². The lowest BCUT2D eigenvalue weighted by Gasteiger charge is -1.99. The number of aromatic nitrogens is 6. The Morgan fingerprint density at radius 1 is 1.29 bits per heavy atom. The van der Waals surface area contributed by atoms with Crippen LogP contribution < -0.4 is 5.56 Å². The molecule has 1 N–H and O–H groups in total. The average molecular weight is 416 g/mol. The molecule has 0 saturated carbocycles. The molecule has 144 valence electrons. The Balaban J connectivity index is 1.64. The number of aryl methyl sites for hydroxylation is 3. The van der Waals surface area contributed by atoms with Gasteiger partial charge in [0.25, 0.3) is 11.3 Å². The van der Waals surface area contributed by atoms with Crippen LogP contribution in [0.1, 0.15) is 32.4 Å². The summed E-state index contributed by atoms with van der Waals surface area (Å²) in [6.07, 6.45) is 0. The first-order chi connectivity index (χ1) is 13.4. The van der Waals surface area contributed by atoms with E-state index >= 15 is 0 Å². The third-order valence-corrected chi connectivity index (χ3v) is 6.17. The number of nitrogens with one attached hydrogen (secondary N) is 1. The van der Waals surface area contributed by atoms with Gasteiger partial charge < -0.3 is 9.72 Å². The van der Waals surface area contributed by atoms with Crippen molar-refractivity contribution in [2.45, 2.75) is 31.7 Å². The van der Waals surface area contributed by atoms with Gasteiger partial charge in [-0.15, -0.1) is 16.4 Å². The van der Waals surface area contributed by atoms with Crippen LogP contribution in [0.5, 0.6) is 0 Å². The second kappa shape index (κ2) is 6.99. The number of thioether (sulfide) groups is 1. The molecule has 0 aromatic carbocycles. The zero-order valence-corrected chi connectivity index (χ0v) is 17.2. The van der Waals surface area contributed by atoms with Gasteiger partial charge in [-0.25, -0.2) is 19.3 Å². The molecule has 4 heterocycles. The molecular formula is C17H16N6O3S2. The van der Waals surface area contributed by atoms with Gasteiger partial charge in [0.05, 0.1) is 18.2 Å². The van der Waals surface area contributed by atoms with Crippen LogP contribution in [0.2, 0.25) is 0 Å². The predicted molar refractivity (Wildman–Crippen MR) is 106 cm³/mol. The van der Waals surface area contributed by atoms with Crippen molar-refractivity contribution in [3.63, 3.8) is 0 Å². The number of hydrogen-bond donors (Lipinski definition) is 1. The van der Waals surface area contributed by atoms with Crippen LogP contribution in [0.3, 0.4) is 0 Å². The van der Waals surface area contributed by atoms with E-state index in [1.807, 2.05) is 19.9 Å². The van der Waals surface area contributed by atoms with E-state index in [4.69, 9.17) is 4.74 Å². The number of nitrogens with zero attached hydrogens (tertiary/aromatic N) is 5. The summed E-state index contributed by atoms with van der Waals surface area (Å²) in [6, 6.07) is 1.93. The molecule has 11 heteroatoms. The summed E-state index contributed by atoms with van der Waals surface area (Å²) in [5, 5.41) is 5.39. The van der Waals surface area contributed by atoms with Gasteiger partial charge in [-0.1, -0.05) is 11.8 Å². The lowest BCUT2D eigenvalue weighted by molar-refractivity contribution is 0.0605. The highest BCUT2D eigenvalue weighted by atomic mass is 32.2. The number of hydrogen-bond acceptors (Lipinski definition) is 9. The van der Waals surface area contributed by atoms with Crippen molar-refractivity contribution >= 4 is 45.1 Å². The number of carbonyl (C=O) groups is 1. The first-order valence-corrected chi connectivity index (χ1v) is 10.1. The molecule has 0 fully saturated rings. The molecule has 0 atom stereocenters. The second-order valence-electron chi connectivity index (χ2n) is 6.17. The summed E-state index contributed by atoms with van der Waals surface area (Å²) < 4.78 is 6.45. The quantitative estimate of drug-likeness (QED) is 0.398. The fourth-order valence-corrected chi connectivity index (χ4v) is 4.69. The molecule has 0 aliphatic rings. The molecule has 0 unspecified atom stereocenters. The second-order valence-corrected chi connectivity index (χ2v) is 8.12. The lowest BCUT2D eigenvalue weighted by Crippen LogP contribution is -2.11. The number of thiophene rings is 1. The van der Waals surface area contributed by atoms with Gasteiger partial charge in [0.2, 0.25) is 5.16 Å². The molecule has 4 rings (SSSR count). The Kier molecular flexibility index (Phi) is 4.63. The summed E-state index contributed by atoms with van der Waals surface area (Å²) in [4.78, 5) is 41.3. The van der Waals surface area contributed by atoms with Crippen LogP contribution in [-0.2, 0) is 10.5 Å². The third kappa shape index (κ3) is 3.16. The zero-order chi connectivity index (χ0) is 20.0. The van der Waals surface area contributed by atoms with Gasteiger partial charge in [-0.3, -0.25) is 4.79 Å². The number of rotatable bonds is 4. The average Bonchev–Trinajstić information content (AvgIpc) is 3.20. The predicted octanol–water partition coefficient (Wildman–Crippen LogP) is 2.43. The number of ether oxygens (including phenoxy) is 1. The molecule has 0 bridgehead atoms. The van der Waals surface area contributed by atoms with E-state index in [1.165, 1.54) is 18.9 Å². The molecule has 0 saturated heterocycles. The number of fused-ring (bicyclic) bond motifs is 2. The van der Waals surface area contributed by atoms with Crippen LogP contribution >= 0.6 is 23.1 Å². The Bertz CT molecular complexity index is 1290. The highest BCUT2D eigenvalue weighted by molar-refractivity contribution is 7.98. The Hall–Kier alpha value is -2.79. The molecule has 4 aromatic heterocycles. The number of carbonyl (C=O) groups excluding carboxylic acids is 1. The molecule has 4 aromatic rings. The maximum absolute atomic E-state index is 12.5. The first-order valence-electron chi connectivity index (χ1n) is 8.32. The standard InChI is InChI=1S/C17H16N6O3S2/c1-7-5-8(2)23-16(18-7)21-17(22-23)27-6-10-19-13(24)11-9(3)12(15(25)26-4)28-14(11)20-10/h5H,6H2,1-4H3,(H,19,20,24). The Morgan fingerprint density at radius 2 is 2.07 bits per heavy atom. The van der Waals surface area contributed by atoms with Gasteiger partial charge in [0, 0.05) is 11.4 Å². The van der Waals surface area contributed by atoms with E-state index in [0.29, 0.717) is 43.2 Å². The van der Waals surface area contributed by atoms with Crippen LogP contribution in [0.4, 0.5) is 0 Å². The molecule has 0 spiro atoms. The number of aromatic amines is 1. The highest BCUT2D eigenvalue weighted by Crippen LogP contribution is 2.28. The summed E-state index contributed by atoms with van der Waals surface area (Å²) in [7, 11) is 1.31. The summed E-state index contributed by atoms with van der Waals surface area (Å²) in [5.74, 6) is 0.932. The van der Waals surface area contributed by atoms with Crippen LogP contribution in [0.25, 0.3) is 16.0 Å². The van der Waals surface area contributed by atoms with Gasteiger partial charge in [-0.2, -0.15) is 4.98 Å². The van der Waals surface area contributed by atoms with Gasteiger partial charge in [0.15, 0.2) is 0 Å². The van der Waals surface area contributed by atoms with E-state index in [1.54, 1.807) is 11.4 Å². The minimum atomic E-state index is -0.470. The molecule has 0 radical (unpaired) electrons. The van der Waals surface area contributed by atoms with E-state index in [0.717, 1.165) is 22.7 Å². The van der Waals surface area contributed by atoms with E-state index < -0.39 is 5.97 Å². The maximum Gasteiger partial charge on any atom is 0.348 e. The monoisotopic (exact) mass is 416 g/mol. The van der Waals surface area contributed by atoms with Crippen LogP contribution in [0, 0.1) is 20.8 Å². The van der Waals surface area contributed by atoms with Gasteiger partial charge in [-0.05, 0) is 32.4 Å². The molecule has 0 aliphatic heterocycles. The normalized spacial score (nSPS) is 11.4. The van der Waals surface area contributed by atoms with Crippen LogP contribution in [0.15, 0.2) is 16.0 Å². The summed E-state index contributed by atoms with van der Waals surface area (Å²) in [6.45, 7) is 5.56. The van der Waals surface area contributed by atoms with E-state index in [9.17, 15) is 9.59 Å². The molecule has 9 nitrogen and oxygen atoms in total. The minimum Gasteiger partial charge on any atom is -0.465 e. The molecule has 0 amide bonds. The fourth-order valence-electron chi connectivity index (χ4n) is 2.89. The van der Waals surface area contributed by atoms with Crippen molar-refractivity contribution in [1.29, 1.82) is 0 Å². The molecular weight excluding hydrogens is 400 g/mol. The molecule has 28 heavy (non-hydrogen) atoms. The highest BCUT2D eigenvalue weighted by Gasteiger charge is 2.20. The Labute approximate surface area is 167 Å². The molecule has 0 aliphatic carbocycles. The van der Waals surface area contributed by atoms with E-state index in [2.05, 4.69) is 25.0 Å². The smallest absolute Gasteiger partial charge is 0.348 e. The largest absolute Gasteiger partial charge is 0.465 e. The van der Waals surface area contributed by atoms with Crippen molar-refractivity contribution in [2.24, 2.45) is 0 Å². The zero-order valence-electron chi connectivity index (χ0n) is 15.6. The van der Waals surface area contributed by atoms with Crippen molar-refractivity contribution in [3.8, 4) is 0 Å². The SMILES string of the molecule is COC(=O)c1sc2nc(CSc3nc4nc(C)cc(C)n4n3)[nH]c(=O)c2c1C. The van der Waals surface area contributed by atoms with Crippen molar-refractivity contribution in [1.82, 2.24) is 29.5 Å². The van der Waals surface area contributed by atoms with Crippen molar-refractivity contribution in [3.05, 3.63) is 44.1 Å². The summed E-state index contributed by atoms with van der Waals surface area (Å²) in [5.41, 5.74) is 2.12. The Morgan fingerprint density at radius 3 is 2.82 bits per heavy atom. The number of methoxy groups -OCH3 is 1. The summed E-state index contributed by atoms with van der Waals surface area (Å²) >= 11 is 2.50. The minimum absolute atomic E-state index is 0.277. The topological polar surface area (TPSA) is 115 Å². The van der Waals surface area contributed by atoms with Gasteiger partial charge >= 0.3 is 5.97 Å². The number of H-pyrrole nitrogens is 1. The van der Waals surface area contributed by atoms with Crippen LogP contribution in [-0.4, -0.2) is 42.6 Å². The third-order valence-electron chi connectivity index (χ3n) is 4.16. The maximum atomic E-state index is 12.5. The fraction of sp³-hybridized carbons (Fsp3) is 0.294. The van der Waals surface area contributed by atoms with E-state index in [-0.39, 0.29) is 5.56 Å². The number of esters is 1. The van der Waals surface area contributed by atoms with Gasteiger partial charge in [0.1, 0.15) is 15.5 Å².